The van der Waals surface area contributed by atoms with Crippen molar-refractivity contribution in [3.8, 4) is 5.75 Å². The van der Waals surface area contributed by atoms with Crippen molar-refractivity contribution in [3.63, 3.8) is 0 Å². The number of nitrogens with zero attached hydrogens (tertiary/aromatic N) is 2. The number of carbonyl (C=O) groups is 2. The van der Waals surface area contributed by atoms with E-state index in [1.165, 1.54) is 30.3 Å². The number of hydrogen-bond donors (Lipinski definition) is 2. The van der Waals surface area contributed by atoms with E-state index in [9.17, 15) is 27.5 Å². The average molecular weight is 554 g/mol. The third kappa shape index (κ3) is 7.19. The van der Waals surface area contributed by atoms with E-state index < -0.39 is 27.3 Å². The highest BCUT2D eigenvalue weighted by Gasteiger charge is 2.49. The highest BCUT2D eigenvalue weighted by molar-refractivity contribution is 7.89. The van der Waals surface area contributed by atoms with Crippen molar-refractivity contribution >= 4 is 33.4 Å². The molecule has 200 valence electrons. The van der Waals surface area contributed by atoms with E-state index in [2.05, 4.69) is 4.90 Å². The van der Waals surface area contributed by atoms with Gasteiger partial charge in [-0.3, -0.25) is 19.2 Å². The SMILES string of the molecule is C[C@@H]1CN(Cc2ccc(F)cc2)CCN1C(=O)COc1ccc(Cl)cc1CS(=O)(=O)NC(=O)C1(O)CC1. The standard InChI is InChI=1S/C25H29ClFN3O6S/c1-17-13-29(14-18-2-5-21(27)6-3-18)10-11-30(17)23(31)15-36-22-7-4-20(26)12-19(22)16-37(34,35)28-24(32)25(33)8-9-25/h2-7,12,17,33H,8-11,13-16H2,1H3,(H,28,32)/t17-/m1/s1. The maximum absolute atomic E-state index is 13.2. The minimum atomic E-state index is -4.14. The van der Waals surface area contributed by atoms with E-state index in [-0.39, 0.29) is 53.6 Å². The third-order valence-electron chi connectivity index (χ3n) is 6.47. The molecule has 1 saturated heterocycles. The molecule has 2 N–H and O–H groups in total. The first-order valence-electron chi connectivity index (χ1n) is 11.9. The number of carbonyl (C=O) groups excluding carboxylic acids is 2. The molecule has 1 aliphatic heterocycles. The summed E-state index contributed by atoms with van der Waals surface area (Å²) in [5, 5.41) is 10.1. The Balaban J connectivity index is 1.33. The highest BCUT2D eigenvalue weighted by Crippen LogP contribution is 2.35. The first-order chi connectivity index (χ1) is 17.4. The largest absolute Gasteiger partial charge is 0.483 e. The number of benzene rings is 2. The molecule has 2 aromatic rings. The Morgan fingerprint density at radius 1 is 1.19 bits per heavy atom. The van der Waals surface area contributed by atoms with Crippen LogP contribution in [-0.4, -0.2) is 73.0 Å². The molecule has 0 bridgehead atoms. The number of ether oxygens (including phenoxy) is 1. The van der Waals surface area contributed by atoms with Crippen molar-refractivity contribution in [2.75, 3.05) is 26.2 Å². The predicted octanol–water partition coefficient (Wildman–Crippen LogP) is 2.06. The number of halogens is 2. The molecule has 2 fully saturated rings. The lowest BCUT2D eigenvalue weighted by Crippen LogP contribution is -2.54. The Kier molecular flexibility index (Phi) is 8.08. The van der Waals surface area contributed by atoms with Gasteiger partial charge < -0.3 is 14.7 Å². The molecule has 0 radical (unpaired) electrons. The number of piperazine rings is 1. The zero-order valence-corrected chi connectivity index (χ0v) is 21.9. The predicted molar refractivity (Wildman–Crippen MR) is 135 cm³/mol. The summed E-state index contributed by atoms with van der Waals surface area (Å²) < 4.78 is 45.8. The van der Waals surface area contributed by atoms with Gasteiger partial charge in [0.25, 0.3) is 11.8 Å². The fourth-order valence-corrected chi connectivity index (χ4v) is 5.62. The van der Waals surface area contributed by atoms with Crippen molar-refractivity contribution in [1.82, 2.24) is 14.5 Å². The second-order valence-corrected chi connectivity index (χ2v) is 11.7. The van der Waals surface area contributed by atoms with Gasteiger partial charge in [0.1, 0.15) is 17.2 Å². The zero-order chi connectivity index (χ0) is 26.8. The van der Waals surface area contributed by atoms with Crippen LogP contribution in [0.4, 0.5) is 4.39 Å². The smallest absolute Gasteiger partial charge is 0.265 e. The van der Waals surface area contributed by atoms with E-state index >= 15 is 0 Å². The molecule has 2 amide bonds. The number of sulfonamides is 1. The van der Waals surface area contributed by atoms with Gasteiger partial charge in [-0.25, -0.2) is 12.8 Å². The minimum absolute atomic E-state index is 0.0844. The summed E-state index contributed by atoms with van der Waals surface area (Å²) in [7, 11) is -4.14. The molecule has 12 heteroatoms. The van der Waals surface area contributed by atoms with E-state index in [1.807, 2.05) is 11.6 Å². The molecule has 4 rings (SSSR count). The van der Waals surface area contributed by atoms with E-state index in [1.54, 1.807) is 17.0 Å². The lowest BCUT2D eigenvalue weighted by Gasteiger charge is -2.39. The van der Waals surface area contributed by atoms with E-state index in [4.69, 9.17) is 16.3 Å². The van der Waals surface area contributed by atoms with Gasteiger partial charge in [0.05, 0.1) is 5.75 Å². The molecule has 1 aliphatic carbocycles. The summed E-state index contributed by atoms with van der Waals surface area (Å²) in [5.41, 5.74) is -0.461. The lowest BCUT2D eigenvalue weighted by atomic mass is 10.1. The van der Waals surface area contributed by atoms with Crippen LogP contribution in [0.2, 0.25) is 5.02 Å². The zero-order valence-electron chi connectivity index (χ0n) is 20.3. The molecule has 0 aromatic heterocycles. The maximum Gasteiger partial charge on any atom is 0.265 e. The van der Waals surface area contributed by atoms with Crippen molar-refractivity contribution in [3.05, 3.63) is 64.4 Å². The molecule has 9 nitrogen and oxygen atoms in total. The third-order valence-corrected chi connectivity index (χ3v) is 7.89. The Hall–Kier alpha value is -2.73. The lowest BCUT2D eigenvalue weighted by molar-refractivity contribution is -0.138. The van der Waals surface area contributed by atoms with Crippen molar-refractivity contribution < 1.29 is 32.2 Å². The summed E-state index contributed by atoms with van der Waals surface area (Å²) in [4.78, 5) is 28.8. The van der Waals surface area contributed by atoms with Gasteiger partial charge >= 0.3 is 0 Å². The second-order valence-electron chi connectivity index (χ2n) is 9.56. The Morgan fingerprint density at radius 3 is 2.54 bits per heavy atom. The van der Waals surface area contributed by atoms with Gasteiger partial charge in [0.15, 0.2) is 6.61 Å². The van der Waals surface area contributed by atoms with Crippen molar-refractivity contribution in [1.29, 1.82) is 0 Å². The minimum Gasteiger partial charge on any atom is -0.483 e. The van der Waals surface area contributed by atoms with Crippen LogP contribution in [0.1, 0.15) is 30.9 Å². The summed E-state index contributed by atoms with van der Waals surface area (Å²) in [5.74, 6) is -1.95. The van der Waals surface area contributed by atoms with Gasteiger partial charge in [-0.15, -0.1) is 0 Å². The monoisotopic (exact) mass is 553 g/mol. The van der Waals surface area contributed by atoms with Gasteiger partial charge in [0.2, 0.25) is 10.0 Å². The summed E-state index contributed by atoms with van der Waals surface area (Å²) in [6.45, 7) is 4.05. The number of amides is 2. The van der Waals surface area contributed by atoms with Gasteiger partial charge in [-0.05, 0) is 55.7 Å². The van der Waals surface area contributed by atoms with Crippen LogP contribution in [-0.2, 0) is 31.9 Å². The molecule has 1 saturated carbocycles. The highest BCUT2D eigenvalue weighted by atomic mass is 35.5. The van der Waals surface area contributed by atoms with Crippen molar-refractivity contribution in [2.45, 2.75) is 43.7 Å². The molecule has 2 aliphatic rings. The quantitative estimate of drug-likeness (QED) is 0.488. The second kappa shape index (κ2) is 10.9. The summed E-state index contributed by atoms with van der Waals surface area (Å²) in [6.07, 6.45) is 0.418. The molecular weight excluding hydrogens is 525 g/mol. The fourth-order valence-electron chi connectivity index (χ4n) is 4.24. The fraction of sp³-hybridized carbons (Fsp3) is 0.440. The van der Waals surface area contributed by atoms with E-state index in [0.717, 1.165) is 5.56 Å². The van der Waals surface area contributed by atoms with Crippen LogP contribution in [0.3, 0.4) is 0 Å². The molecule has 37 heavy (non-hydrogen) atoms. The van der Waals surface area contributed by atoms with Crippen LogP contribution in [0.25, 0.3) is 0 Å². The van der Waals surface area contributed by atoms with Crippen LogP contribution >= 0.6 is 11.6 Å². The van der Waals surface area contributed by atoms with Crippen LogP contribution < -0.4 is 9.46 Å². The van der Waals surface area contributed by atoms with Crippen LogP contribution in [0, 0.1) is 5.82 Å². The van der Waals surface area contributed by atoms with Crippen LogP contribution in [0.5, 0.6) is 5.75 Å². The summed E-state index contributed by atoms with van der Waals surface area (Å²) in [6, 6.07) is 10.6. The first kappa shape index (κ1) is 27.3. The molecule has 2 aromatic carbocycles. The molecular formula is C25H29ClFN3O6S. The summed E-state index contributed by atoms with van der Waals surface area (Å²) >= 11 is 6.04. The molecule has 1 heterocycles. The number of hydrogen-bond acceptors (Lipinski definition) is 7. The number of nitrogens with one attached hydrogen (secondary N) is 1. The van der Waals surface area contributed by atoms with Gasteiger partial charge in [-0.2, -0.15) is 0 Å². The van der Waals surface area contributed by atoms with Gasteiger partial charge in [-0.1, -0.05) is 23.7 Å². The first-order valence-corrected chi connectivity index (χ1v) is 13.9. The Bertz CT molecular complexity index is 1270. The van der Waals surface area contributed by atoms with E-state index in [0.29, 0.717) is 26.2 Å². The Morgan fingerprint density at radius 2 is 1.89 bits per heavy atom. The Labute approximate surface area is 220 Å². The normalized spacial score (nSPS) is 19.4. The van der Waals surface area contributed by atoms with Crippen LogP contribution in [0.15, 0.2) is 42.5 Å². The van der Waals surface area contributed by atoms with Crippen molar-refractivity contribution in [2.24, 2.45) is 0 Å². The average Bonchev–Trinajstić information content (AvgIpc) is 3.58. The maximum atomic E-state index is 13.2. The molecule has 0 spiro atoms. The molecule has 0 unspecified atom stereocenters. The van der Waals surface area contributed by atoms with Gasteiger partial charge in [0, 0.05) is 42.8 Å². The molecule has 1 atom stereocenters. The topological polar surface area (TPSA) is 116 Å². The number of aliphatic hydroxyl groups is 1. The number of rotatable bonds is 9.